The van der Waals surface area contributed by atoms with Gasteiger partial charge in [-0.3, -0.25) is 4.79 Å². The quantitative estimate of drug-likeness (QED) is 0.862. The summed E-state index contributed by atoms with van der Waals surface area (Å²) in [7, 11) is 0. The summed E-state index contributed by atoms with van der Waals surface area (Å²) in [6.07, 6.45) is 0.305. The van der Waals surface area contributed by atoms with Crippen LogP contribution in [0.1, 0.15) is 43.0 Å². The molecule has 0 spiro atoms. The summed E-state index contributed by atoms with van der Waals surface area (Å²) in [6, 6.07) is 15.9. The summed E-state index contributed by atoms with van der Waals surface area (Å²) >= 11 is 0. The second-order valence-corrected chi connectivity index (χ2v) is 5.84. The first-order chi connectivity index (χ1) is 11.0. The van der Waals surface area contributed by atoms with E-state index in [0.29, 0.717) is 0 Å². The van der Waals surface area contributed by atoms with Crippen molar-refractivity contribution in [3.8, 4) is 5.75 Å². The van der Waals surface area contributed by atoms with E-state index >= 15 is 0 Å². The lowest BCUT2D eigenvalue weighted by molar-refractivity contribution is -0.128. The predicted molar refractivity (Wildman–Crippen MR) is 93.6 cm³/mol. The molecule has 0 radical (unpaired) electrons. The summed E-state index contributed by atoms with van der Waals surface area (Å²) in [5.41, 5.74) is 3.34. The predicted octanol–water partition coefficient (Wildman–Crippen LogP) is 4.34. The number of carbonyl (C=O) groups excluding carboxylic acids is 1. The van der Waals surface area contributed by atoms with Crippen LogP contribution >= 0.6 is 0 Å². The Bertz CT molecular complexity index is 652. The SMILES string of the molecule is CC[C@@H](NC(=O)[C@H](C)Oc1cccc(C)c1C)c1ccccc1. The molecule has 23 heavy (non-hydrogen) atoms. The Labute approximate surface area is 138 Å². The van der Waals surface area contributed by atoms with Gasteiger partial charge in [0.05, 0.1) is 6.04 Å². The molecule has 2 aromatic rings. The number of benzene rings is 2. The summed E-state index contributed by atoms with van der Waals surface area (Å²) in [6.45, 7) is 7.90. The molecule has 0 aliphatic rings. The van der Waals surface area contributed by atoms with Crippen molar-refractivity contribution >= 4 is 5.91 Å². The van der Waals surface area contributed by atoms with Gasteiger partial charge in [0.15, 0.2) is 6.10 Å². The van der Waals surface area contributed by atoms with Gasteiger partial charge in [-0.25, -0.2) is 0 Å². The van der Waals surface area contributed by atoms with Gasteiger partial charge in [0.25, 0.3) is 5.91 Å². The highest BCUT2D eigenvalue weighted by atomic mass is 16.5. The Balaban J connectivity index is 2.03. The summed E-state index contributed by atoms with van der Waals surface area (Å²) in [4.78, 5) is 12.5. The van der Waals surface area contributed by atoms with Crippen LogP contribution in [0.2, 0.25) is 0 Å². The molecular weight excluding hydrogens is 286 g/mol. The van der Waals surface area contributed by atoms with Gasteiger partial charge in [0, 0.05) is 0 Å². The van der Waals surface area contributed by atoms with Crippen molar-refractivity contribution in [3.05, 3.63) is 65.2 Å². The molecule has 2 atom stereocenters. The Morgan fingerprint density at radius 2 is 1.78 bits per heavy atom. The Morgan fingerprint density at radius 1 is 1.09 bits per heavy atom. The monoisotopic (exact) mass is 311 g/mol. The lowest BCUT2D eigenvalue weighted by atomic mass is 10.0. The van der Waals surface area contributed by atoms with E-state index in [-0.39, 0.29) is 11.9 Å². The van der Waals surface area contributed by atoms with Crippen LogP contribution in [-0.2, 0) is 4.79 Å². The molecule has 0 saturated carbocycles. The topological polar surface area (TPSA) is 38.3 Å². The van der Waals surface area contributed by atoms with Crippen molar-refractivity contribution in [2.75, 3.05) is 0 Å². The molecule has 2 aromatic carbocycles. The molecule has 1 N–H and O–H groups in total. The van der Waals surface area contributed by atoms with E-state index in [1.54, 1.807) is 6.92 Å². The van der Waals surface area contributed by atoms with Crippen LogP contribution in [0.15, 0.2) is 48.5 Å². The van der Waals surface area contributed by atoms with Crippen molar-refractivity contribution in [2.45, 2.75) is 46.3 Å². The largest absolute Gasteiger partial charge is 0.481 e. The Kier molecular flexibility index (Phi) is 5.80. The zero-order chi connectivity index (χ0) is 16.8. The van der Waals surface area contributed by atoms with Crippen LogP contribution < -0.4 is 10.1 Å². The van der Waals surface area contributed by atoms with Crippen LogP contribution in [-0.4, -0.2) is 12.0 Å². The van der Waals surface area contributed by atoms with E-state index in [1.807, 2.05) is 62.4 Å². The number of ether oxygens (including phenoxy) is 1. The molecule has 3 heteroatoms. The maximum absolute atomic E-state index is 12.5. The van der Waals surface area contributed by atoms with Gasteiger partial charge in [0.1, 0.15) is 5.75 Å². The first kappa shape index (κ1) is 17.1. The third-order valence-electron chi connectivity index (χ3n) is 4.15. The van der Waals surface area contributed by atoms with E-state index < -0.39 is 6.10 Å². The van der Waals surface area contributed by atoms with Gasteiger partial charge < -0.3 is 10.1 Å². The zero-order valence-corrected chi connectivity index (χ0v) is 14.3. The standard InChI is InChI=1S/C20H25NO2/c1-5-18(17-11-7-6-8-12-17)21-20(22)16(4)23-19-13-9-10-14(2)15(19)3/h6-13,16,18H,5H2,1-4H3,(H,21,22)/t16-,18+/m0/s1. The van der Waals surface area contributed by atoms with Crippen molar-refractivity contribution in [1.29, 1.82) is 0 Å². The van der Waals surface area contributed by atoms with Crippen molar-refractivity contribution in [2.24, 2.45) is 0 Å². The summed E-state index contributed by atoms with van der Waals surface area (Å²) in [5, 5.41) is 3.07. The third kappa shape index (κ3) is 4.35. The summed E-state index contributed by atoms with van der Waals surface area (Å²) < 4.78 is 5.86. The molecule has 0 saturated heterocycles. The first-order valence-electron chi connectivity index (χ1n) is 8.11. The summed E-state index contributed by atoms with van der Waals surface area (Å²) in [5.74, 6) is 0.669. The minimum absolute atomic E-state index is 0.00774. The highest BCUT2D eigenvalue weighted by Crippen LogP contribution is 2.22. The zero-order valence-electron chi connectivity index (χ0n) is 14.3. The fourth-order valence-corrected chi connectivity index (χ4v) is 2.49. The molecule has 3 nitrogen and oxygen atoms in total. The highest BCUT2D eigenvalue weighted by Gasteiger charge is 2.19. The van der Waals surface area contributed by atoms with Crippen LogP contribution in [0.5, 0.6) is 5.75 Å². The van der Waals surface area contributed by atoms with E-state index in [0.717, 1.165) is 28.9 Å². The lowest BCUT2D eigenvalue weighted by Crippen LogP contribution is -2.38. The fraction of sp³-hybridized carbons (Fsp3) is 0.350. The maximum atomic E-state index is 12.5. The number of rotatable bonds is 6. The Hall–Kier alpha value is -2.29. The second kappa shape index (κ2) is 7.82. The smallest absolute Gasteiger partial charge is 0.261 e. The molecule has 0 heterocycles. The van der Waals surface area contributed by atoms with Gasteiger partial charge in [-0.2, -0.15) is 0 Å². The second-order valence-electron chi connectivity index (χ2n) is 5.84. The van der Waals surface area contributed by atoms with Gasteiger partial charge in [-0.05, 0) is 49.9 Å². The molecule has 122 valence electrons. The first-order valence-corrected chi connectivity index (χ1v) is 8.11. The van der Waals surface area contributed by atoms with E-state index in [4.69, 9.17) is 4.74 Å². The van der Waals surface area contributed by atoms with Crippen LogP contribution in [0.4, 0.5) is 0 Å². The van der Waals surface area contributed by atoms with Gasteiger partial charge in [0.2, 0.25) is 0 Å². The molecule has 0 aromatic heterocycles. The fourth-order valence-electron chi connectivity index (χ4n) is 2.49. The van der Waals surface area contributed by atoms with Crippen molar-refractivity contribution in [1.82, 2.24) is 5.32 Å². The van der Waals surface area contributed by atoms with Gasteiger partial charge >= 0.3 is 0 Å². The van der Waals surface area contributed by atoms with Crippen LogP contribution in [0.3, 0.4) is 0 Å². The van der Waals surface area contributed by atoms with E-state index in [1.165, 1.54) is 0 Å². The number of amides is 1. The average molecular weight is 311 g/mol. The maximum Gasteiger partial charge on any atom is 0.261 e. The van der Waals surface area contributed by atoms with Crippen LogP contribution in [0, 0.1) is 13.8 Å². The minimum Gasteiger partial charge on any atom is -0.481 e. The molecule has 2 rings (SSSR count). The minimum atomic E-state index is -0.534. The number of nitrogens with one attached hydrogen (secondary N) is 1. The normalized spacial score (nSPS) is 13.2. The van der Waals surface area contributed by atoms with Crippen molar-refractivity contribution < 1.29 is 9.53 Å². The van der Waals surface area contributed by atoms with E-state index in [2.05, 4.69) is 12.2 Å². The Morgan fingerprint density at radius 3 is 2.43 bits per heavy atom. The number of aryl methyl sites for hydroxylation is 1. The highest BCUT2D eigenvalue weighted by molar-refractivity contribution is 5.81. The molecule has 1 amide bonds. The van der Waals surface area contributed by atoms with Gasteiger partial charge in [-0.1, -0.05) is 49.4 Å². The molecule has 0 unspecified atom stereocenters. The van der Waals surface area contributed by atoms with Crippen molar-refractivity contribution in [3.63, 3.8) is 0 Å². The molecule has 0 aliphatic carbocycles. The number of carbonyl (C=O) groups is 1. The molecule has 0 bridgehead atoms. The third-order valence-corrected chi connectivity index (χ3v) is 4.15. The van der Waals surface area contributed by atoms with Gasteiger partial charge in [-0.15, -0.1) is 0 Å². The van der Waals surface area contributed by atoms with Crippen LogP contribution in [0.25, 0.3) is 0 Å². The number of hydrogen-bond donors (Lipinski definition) is 1. The van der Waals surface area contributed by atoms with E-state index in [9.17, 15) is 4.79 Å². The molecule has 0 aliphatic heterocycles. The lowest BCUT2D eigenvalue weighted by Gasteiger charge is -2.22. The number of hydrogen-bond acceptors (Lipinski definition) is 2. The molecular formula is C20H25NO2. The molecule has 0 fully saturated rings. The average Bonchev–Trinajstić information content (AvgIpc) is 2.57.